The van der Waals surface area contributed by atoms with Gasteiger partial charge in [-0.15, -0.1) is 0 Å². The second-order valence-corrected chi connectivity index (χ2v) is 7.54. The number of nitrogens with zero attached hydrogens (tertiary/aromatic N) is 2. The molecule has 3 aliphatic rings. The van der Waals surface area contributed by atoms with Crippen molar-refractivity contribution in [2.45, 2.75) is 38.3 Å². The number of benzene rings is 2. The topological polar surface area (TPSA) is 91.0 Å². The van der Waals surface area contributed by atoms with Crippen LogP contribution < -0.4 is 10.6 Å². The first kappa shape index (κ1) is 12.9. The van der Waals surface area contributed by atoms with Gasteiger partial charge in [-0.1, -0.05) is 30.3 Å². The lowest BCUT2D eigenvalue weighted by Crippen LogP contribution is -2.52. The maximum Gasteiger partial charge on any atom is 0.255 e. The van der Waals surface area contributed by atoms with E-state index in [0.29, 0.717) is 31.9 Å². The summed E-state index contributed by atoms with van der Waals surface area (Å²) in [6, 6.07) is 7.16. The molecule has 1 unspecified atom stereocenters. The quantitative estimate of drug-likeness (QED) is 0.643. The Morgan fingerprint density at radius 2 is 1.85 bits per heavy atom. The van der Waals surface area contributed by atoms with Gasteiger partial charge in [-0.3, -0.25) is 24.6 Å². The summed E-state index contributed by atoms with van der Waals surface area (Å²) in [6.07, 6.45) is -6.59. The van der Waals surface area contributed by atoms with E-state index in [2.05, 4.69) is 5.32 Å². The largest absolute Gasteiger partial charge is 0.381 e. The summed E-state index contributed by atoms with van der Waals surface area (Å²) in [6.45, 7) is -5.60. The molecule has 3 aliphatic heterocycles. The van der Waals surface area contributed by atoms with Crippen molar-refractivity contribution < 1.29 is 32.8 Å². The minimum absolute atomic E-state index is 0.0584. The standard InChI is InChI=1S/C25H28N4O4/c30-23-9-8-22(24(31)27-23)29-16-20-19(25(29)32)2-1-3-21(20)26-14-17-4-6-18(7-5-17)15-28-10-12-33-13-11-28/h1-7,22,26H,8-16H2,(H,27,30,31)/i8D2,9D2,14D2,15D2,16D2. The minimum atomic E-state index is -3.31. The molecule has 0 bridgehead atoms. The molecular weight excluding hydrogens is 420 g/mol. The van der Waals surface area contributed by atoms with E-state index in [1.54, 1.807) is 10.2 Å². The fourth-order valence-electron chi connectivity index (χ4n) is 3.66. The maximum atomic E-state index is 13.5. The van der Waals surface area contributed by atoms with Gasteiger partial charge in [-0.25, -0.2) is 0 Å². The second kappa shape index (κ2) is 9.33. The van der Waals surface area contributed by atoms with Crippen LogP contribution in [0.25, 0.3) is 0 Å². The van der Waals surface area contributed by atoms with Crippen LogP contribution in [0, 0.1) is 0 Å². The second-order valence-electron chi connectivity index (χ2n) is 7.54. The van der Waals surface area contributed by atoms with E-state index < -0.39 is 61.6 Å². The summed E-state index contributed by atoms with van der Waals surface area (Å²) in [5, 5.41) is 4.27. The van der Waals surface area contributed by atoms with E-state index in [4.69, 9.17) is 18.4 Å². The Kier molecular flexibility index (Phi) is 3.64. The number of hydrogen-bond donors (Lipinski definition) is 2. The molecular formula is C25H28N4O4. The van der Waals surface area contributed by atoms with E-state index in [9.17, 15) is 14.4 Å². The van der Waals surface area contributed by atoms with Crippen LogP contribution in [0.2, 0.25) is 0 Å². The zero-order valence-electron chi connectivity index (χ0n) is 27.5. The Bertz CT molecular complexity index is 1480. The molecule has 2 N–H and O–H groups in total. The molecule has 0 aromatic heterocycles. The molecule has 2 saturated heterocycles. The lowest BCUT2D eigenvalue weighted by molar-refractivity contribution is -0.136. The number of nitrogens with one attached hydrogen (secondary N) is 2. The van der Waals surface area contributed by atoms with Crippen LogP contribution in [0.5, 0.6) is 0 Å². The third-order valence-corrected chi connectivity index (χ3v) is 5.34. The number of anilines is 1. The lowest BCUT2D eigenvalue weighted by atomic mass is 10.0. The van der Waals surface area contributed by atoms with Crippen LogP contribution in [0.3, 0.4) is 0 Å². The van der Waals surface area contributed by atoms with Gasteiger partial charge in [0.2, 0.25) is 11.8 Å². The normalized spacial score (nSPS) is 31.1. The van der Waals surface area contributed by atoms with Crippen LogP contribution >= 0.6 is 0 Å². The maximum absolute atomic E-state index is 13.5. The molecule has 172 valence electrons. The summed E-state index contributed by atoms with van der Waals surface area (Å²) in [5.41, 5.74) is -0.536. The first-order valence-corrected chi connectivity index (χ1v) is 10.4. The van der Waals surface area contributed by atoms with E-state index >= 15 is 0 Å². The van der Waals surface area contributed by atoms with Gasteiger partial charge in [0.05, 0.1) is 18.7 Å². The van der Waals surface area contributed by atoms with Crippen LogP contribution in [0.1, 0.15) is 53.5 Å². The van der Waals surface area contributed by atoms with Gasteiger partial charge in [0, 0.05) is 64.0 Å². The fraction of sp³-hybridized carbons (Fsp3) is 0.400. The first-order valence-electron chi connectivity index (χ1n) is 15.4. The number of hydrogen-bond acceptors (Lipinski definition) is 6. The van der Waals surface area contributed by atoms with Crippen LogP contribution in [-0.4, -0.2) is 59.9 Å². The third-order valence-electron chi connectivity index (χ3n) is 5.34. The molecule has 3 amide bonds. The van der Waals surface area contributed by atoms with E-state index in [1.807, 2.05) is 0 Å². The highest BCUT2D eigenvalue weighted by molar-refractivity contribution is 6.06. The van der Waals surface area contributed by atoms with Gasteiger partial charge in [-0.2, -0.15) is 0 Å². The van der Waals surface area contributed by atoms with Crippen molar-refractivity contribution in [3.8, 4) is 0 Å². The lowest BCUT2D eigenvalue weighted by Gasteiger charge is -2.29. The number of carbonyl (C=O) groups excluding carboxylic acids is 3. The Balaban J connectivity index is 1.46. The summed E-state index contributed by atoms with van der Waals surface area (Å²) < 4.78 is 89.7. The molecule has 0 spiro atoms. The average Bonchev–Trinajstić information content (AvgIpc) is 3.14. The van der Waals surface area contributed by atoms with Crippen molar-refractivity contribution in [2.24, 2.45) is 0 Å². The van der Waals surface area contributed by atoms with Crippen molar-refractivity contribution in [3.63, 3.8) is 0 Å². The molecule has 0 radical (unpaired) electrons. The average molecular weight is 459 g/mol. The number of amides is 3. The highest BCUT2D eigenvalue weighted by Gasteiger charge is 2.39. The van der Waals surface area contributed by atoms with E-state index in [1.165, 1.54) is 42.5 Å². The van der Waals surface area contributed by atoms with Gasteiger partial charge in [0.1, 0.15) is 6.04 Å². The molecule has 0 saturated carbocycles. The summed E-state index contributed by atoms with van der Waals surface area (Å²) in [5.74, 6) is -4.09. The number of ether oxygens (including phenoxy) is 1. The van der Waals surface area contributed by atoms with Crippen molar-refractivity contribution in [3.05, 3.63) is 64.7 Å². The highest BCUT2D eigenvalue weighted by Crippen LogP contribution is 2.32. The molecule has 3 heterocycles. The number of rotatable bonds is 6. The minimum Gasteiger partial charge on any atom is -0.381 e. The van der Waals surface area contributed by atoms with Gasteiger partial charge in [-0.05, 0) is 29.6 Å². The highest BCUT2D eigenvalue weighted by atomic mass is 16.5. The summed E-state index contributed by atoms with van der Waals surface area (Å²) >= 11 is 0. The predicted molar refractivity (Wildman–Crippen MR) is 122 cm³/mol. The number of fused-ring (bicyclic) bond motifs is 1. The monoisotopic (exact) mass is 458 g/mol. The third kappa shape index (κ3) is 4.62. The van der Waals surface area contributed by atoms with Gasteiger partial charge < -0.3 is 15.0 Å². The van der Waals surface area contributed by atoms with Crippen molar-refractivity contribution in [1.29, 1.82) is 0 Å². The molecule has 1 atom stereocenters. The van der Waals surface area contributed by atoms with Crippen molar-refractivity contribution in [1.82, 2.24) is 15.1 Å². The SMILES string of the molecule is [2H]C([2H])(Nc1cccc2c1C([2H])([2H])N(C1C(=O)NC(=O)C([2H])([2H])C1([2H])[2H])C2=O)c1ccc(C([2H])([2H])N2CCOCC2)cc1. The Morgan fingerprint density at radius 3 is 2.64 bits per heavy atom. The molecule has 8 nitrogen and oxygen atoms in total. The molecule has 2 fully saturated rings. The first-order chi connectivity index (χ1) is 19.8. The van der Waals surface area contributed by atoms with Gasteiger partial charge >= 0.3 is 0 Å². The van der Waals surface area contributed by atoms with Crippen LogP contribution in [0.4, 0.5) is 5.69 Å². The number of imide groups is 1. The molecule has 8 heteroatoms. The zero-order valence-corrected chi connectivity index (χ0v) is 17.5. The molecule has 5 rings (SSSR count). The zero-order chi connectivity index (χ0) is 31.8. The summed E-state index contributed by atoms with van der Waals surface area (Å²) in [7, 11) is 0. The Morgan fingerprint density at radius 1 is 1.09 bits per heavy atom. The van der Waals surface area contributed by atoms with Gasteiger partial charge in [0.25, 0.3) is 5.91 Å². The predicted octanol–water partition coefficient (Wildman–Crippen LogP) is 1.89. The summed E-state index contributed by atoms with van der Waals surface area (Å²) in [4.78, 5) is 40.1. The molecule has 2 aromatic rings. The van der Waals surface area contributed by atoms with Crippen LogP contribution in [0.15, 0.2) is 42.5 Å². The molecule has 0 aliphatic carbocycles. The smallest absolute Gasteiger partial charge is 0.255 e. The van der Waals surface area contributed by atoms with E-state index in [-0.39, 0.29) is 21.7 Å². The van der Waals surface area contributed by atoms with Crippen molar-refractivity contribution in [2.75, 3.05) is 31.6 Å². The van der Waals surface area contributed by atoms with E-state index in [0.717, 1.165) is 0 Å². The van der Waals surface area contributed by atoms with Gasteiger partial charge in [0.15, 0.2) is 0 Å². The van der Waals surface area contributed by atoms with Crippen molar-refractivity contribution >= 4 is 23.4 Å². The molecule has 33 heavy (non-hydrogen) atoms. The number of carbonyl (C=O) groups is 3. The van der Waals surface area contributed by atoms with Crippen LogP contribution in [-0.2, 0) is 33.8 Å². The number of morpholine rings is 1. The molecule has 2 aromatic carbocycles. The number of piperidine rings is 1. The Labute approximate surface area is 206 Å². The Hall–Kier alpha value is -3.23. The fourth-order valence-corrected chi connectivity index (χ4v) is 3.66.